The Morgan fingerprint density at radius 3 is 2.14 bits per heavy atom. The lowest BCUT2D eigenvalue weighted by atomic mass is 9.96. The zero-order valence-corrected chi connectivity index (χ0v) is 20.1. The van der Waals surface area contributed by atoms with E-state index >= 15 is 0 Å². The van der Waals surface area contributed by atoms with Crippen LogP contribution in [-0.4, -0.2) is 55.7 Å². The summed E-state index contributed by atoms with van der Waals surface area (Å²) in [5.41, 5.74) is 1.93. The largest absolute Gasteiger partial charge is 0.457 e. The van der Waals surface area contributed by atoms with Crippen molar-refractivity contribution < 1.29 is 33.3 Å². The Labute approximate surface area is 206 Å². The summed E-state index contributed by atoms with van der Waals surface area (Å²) in [5, 5.41) is 2.85. The molecule has 0 radical (unpaired) electrons. The molecule has 1 aliphatic rings. The third-order valence-corrected chi connectivity index (χ3v) is 5.38. The minimum Gasteiger partial charge on any atom is -0.457 e. The average molecular weight is 484 g/mol. The zero-order valence-electron chi connectivity index (χ0n) is 20.1. The summed E-state index contributed by atoms with van der Waals surface area (Å²) in [6.07, 6.45) is -1.56. The number of benzene rings is 2. The lowest BCUT2D eigenvalue weighted by Gasteiger charge is -2.45. The Balaban J connectivity index is 1.84. The second kappa shape index (κ2) is 13.7. The molecule has 1 aliphatic heterocycles. The van der Waals surface area contributed by atoms with Gasteiger partial charge in [0.15, 0.2) is 12.4 Å². The van der Waals surface area contributed by atoms with Crippen LogP contribution in [-0.2, 0) is 46.5 Å². The summed E-state index contributed by atoms with van der Waals surface area (Å²) in [6.45, 7) is 7.33. The zero-order chi connectivity index (χ0) is 25.0. The van der Waals surface area contributed by atoms with Gasteiger partial charge in [-0.1, -0.05) is 66.7 Å². The Bertz CT molecular complexity index is 937. The van der Waals surface area contributed by atoms with Crippen LogP contribution in [0.2, 0.25) is 0 Å². The predicted molar refractivity (Wildman–Crippen MR) is 129 cm³/mol. The monoisotopic (exact) mass is 483 g/mol. The van der Waals surface area contributed by atoms with E-state index in [1.54, 1.807) is 6.08 Å². The van der Waals surface area contributed by atoms with E-state index in [1.807, 2.05) is 60.7 Å². The van der Waals surface area contributed by atoms with Crippen molar-refractivity contribution in [1.29, 1.82) is 0 Å². The van der Waals surface area contributed by atoms with E-state index in [0.29, 0.717) is 6.61 Å². The molecule has 0 aromatic heterocycles. The van der Waals surface area contributed by atoms with E-state index in [0.717, 1.165) is 11.1 Å². The quantitative estimate of drug-likeness (QED) is 0.366. The lowest BCUT2D eigenvalue weighted by molar-refractivity contribution is -0.282. The number of hydrogen-bond acceptors (Lipinski definition) is 7. The van der Waals surface area contributed by atoms with Crippen LogP contribution in [0.3, 0.4) is 0 Å². The highest BCUT2D eigenvalue weighted by molar-refractivity contribution is 5.73. The SMILES string of the molecule is C=CCO[C@@H]1O[C@H](COCc2ccccc2)[C@H](OC(C)=O)[C@H](OCc2ccccc2)[C@H]1NC(C)=O. The van der Waals surface area contributed by atoms with E-state index in [-0.39, 0.29) is 25.7 Å². The summed E-state index contributed by atoms with van der Waals surface area (Å²) in [6, 6.07) is 18.6. The van der Waals surface area contributed by atoms with Crippen molar-refractivity contribution >= 4 is 11.9 Å². The lowest BCUT2D eigenvalue weighted by Crippen LogP contribution is -2.66. The van der Waals surface area contributed by atoms with Crippen molar-refractivity contribution in [1.82, 2.24) is 5.32 Å². The maximum Gasteiger partial charge on any atom is 0.303 e. The molecule has 0 bridgehead atoms. The summed E-state index contributed by atoms with van der Waals surface area (Å²) >= 11 is 0. The maximum atomic E-state index is 12.1. The normalized spacial score (nSPS) is 23.9. The van der Waals surface area contributed by atoms with Gasteiger partial charge in [-0.25, -0.2) is 0 Å². The summed E-state index contributed by atoms with van der Waals surface area (Å²) in [7, 11) is 0. The van der Waals surface area contributed by atoms with Gasteiger partial charge in [0.05, 0.1) is 26.4 Å². The highest BCUT2D eigenvalue weighted by Gasteiger charge is 2.49. The summed E-state index contributed by atoms with van der Waals surface area (Å²) < 4.78 is 29.9. The standard InChI is InChI=1S/C27H33NO7/c1-4-15-32-27-24(28-19(2)29)26(33-17-22-13-9-6-10-14-22)25(34-20(3)30)23(35-27)18-31-16-21-11-7-5-8-12-21/h4-14,23-27H,1,15-18H2,2-3H3,(H,28,29)/t23-,24-,25+,26-,27-/m1/s1. The topological polar surface area (TPSA) is 92.3 Å². The number of ether oxygens (including phenoxy) is 5. The molecule has 0 saturated carbocycles. The summed E-state index contributed by atoms with van der Waals surface area (Å²) in [4.78, 5) is 24.1. The van der Waals surface area contributed by atoms with Crippen LogP contribution in [0.25, 0.3) is 0 Å². The molecule has 3 rings (SSSR count). The van der Waals surface area contributed by atoms with Gasteiger partial charge in [0.1, 0.15) is 18.2 Å². The predicted octanol–water partition coefficient (Wildman–Crippen LogP) is 3.15. The van der Waals surface area contributed by atoms with Crippen molar-refractivity contribution in [3.8, 4) is 0 Å². The molecule has 2 aromatic carbocycles. The Hall–Kier alpha value is -3.04. The van der Waals surface area contributed by atoms with E-state index < -0.39 is 36.6 Å². The second-order valence-corrected chi connectivity index (χ2v) is 8.23. The number of amides is 1. The third kappa shape index (κ3) is 8.29. The first-order valence-electron chi connectivity index (χ1n) is 11.6. The van der Waals surface area contributed by atoms with Gasteiger partial charge < -0.3 is 29.0 Å². The van der Waals surface area contributed by atoms with Gasteiger partial charge in [0.25, 0.3) is 0 Å². The fourth-order valence-electron chi connectivity index (χ4n) is 3.90. The first kappa shape index (κ1) is 26.6. The van der Waals surface area contributed by atoms with E-state index in [9.17, 15) is 9.59 Å². The highest BCUT2D eigenvalue weighted by atomic mass is 16.7. The van der Waals surface area contributed by atoms with Crippen LogP contribution in [0.1, 0.15) is 25.0 Å². The number of carbonyl (C=O) groups is 2. The van der Waals surface area contributed by atoms with Crippen LogP contribution in [0.4, 0.5) is 0 Å². The molecule has 0 aliphatic carbocycles. The molecule has 2 aromatic rings. The second-order valence-electron chi connectivity index (χ2n) is 8.23. The van der Waals surface area contributed by atoms with Crippen LogP contribution in [0.15, 0.2) is 73.3 Å². The number of nitrogens with one attached hydrogen (secondary N) is 1. The van der Waals surface area contributed by atoms with Crippen molar-refractivity contribution in [3.63, 3.8) is 0 Å². The summed E-state index contributed by atoms with van der Waals surface area (Å²) in [5.74, 6) is -0.786. The molecule has 0 unspecified atom stereocenters. The number of esters is 1. The van der Waals surface area contributed by atoms with Crippen molar-refractivity contribution in [2.75, 3.05) is 13.2 Å². The maximum absolute atomic E-state index is 12.1. The van der Waals surface area contributed by atoms with Gasteiger partial charge in [0.2, 0.25) is 5.91 Å². The Kier molecular flexibility index (Phi) is 10.4. The molecule has 35 heavy (non-hydrogen) atoms. The fourth-order valence-corrected chi connectivity index (χ4v) is 3.90. The molecule has 1 fully saturated rings. The minimum atomic E-state index is -0.866. The molecule has 1 amide bonds. The smallest absolute Gasteiger partial charge is 0.303 e. The molecule has 5 atom stereocenters. The van der Waals surface area contributed by atoms with Gasteiger partial charge in [-0.05, 0) is 11.1 Å². The molecular weight excluding hydrogens is 450 g/mol. The van der Waals surface area contributed by atoms with Crippen LogP contribution < -0.4 is 5.32 Å². The molecule has 1 N–H and O–H groups in total. The van der Waals surface area contributed by atoms with Crippen LogP contribution >= 0.6 is 0 Å². The van der Waals surface area contributed by atoms with E-state index in [1.165, 1.54) is 13.8 Å². The molecule has 8 nitrogen and oxygen atoms in total. The van der Waals surface area contributed by atoms with Gasteiger partial charge in [-0.3, -0.25) is 9.59 Å². The molecule has 1 saturated heterocycles. The van der Waals surface area contributed by atoms with Crippen LogP contribution in [0.5, 0.6) is 0 Å². The Morgan fingerprint density at radius 2 is 1.57 bits per heavy atom. The molecule has 1 heterocycles. The van der Waals surface area contributed by atoms with E-state index in [2.05, 4.69) is 11.9 Å². The third-order valence-electron chi connectivity index (χ3n) is 5.38. The highest BCUT2D eigenvalue weighted by Crippen LogP contribution is 2.28. The van der Waals surface area contributed by atoms with Gasteiger partial charge in [-0.2, -0.15) is 0 Å². The fraction of sp³-hybridized carbons (Fsp3) is 0.407. The first-order valence-corrected chi connectivity index (χ1v) is 11.6. The van der Waals surface area contributed by atoms with E-state index in [4.69, 9.17) is 23.7 Å². The van der Waals surface area contributed by atoms with Gasteiger partial charge in [-0.15, -0.1) is 6.58 Å². The van der Waals surface area contributed by atoms with Crippen molar-refractivity contribution in [2.24, 2.45) is 0 Å². The van der Waals surface area contributed by atoms with Gasteiger partial charge in [0, 0.05) is 13.8 Å². The Morgan fingerprint density at radius 1 is 0.943 bits per heavy atom. The number of hydrogen-bond donors (Lipinski definition) is 1. The average Bonchev–Trinajstić information content (AvgIpc) is 2.84. The number of carbonyl (C=O) groups excluding carboxylic acids is 2. The molecule has 188 valence electrons. The first-order chi connectivity index (χ1) is 17.0. The van der Waals surface area contributed by atoms with Crippen molar-refractivity contribution in [2.45, 2.75) is 57.7 Å². The molecule has 8 heteroatoms. The minimum absolute atomic E-state index is 0.124. The van der Waals surface area contributed by atoms with Crippen molar-refractivity contribution in [3.05, 3.63) is 84.4 Å². The van der Waals surface area contributed by atoms with Gasteiger partial charge >= 0.3 is 5.97 Å². The van der Waals surface area contributed by atoms with Crippen LogP contribution in [0, 0.1) is 0 Å². The molecule has 0 spiro atoms. The molecular formula is C27H33NO7. The number of rotatable bonds is 12.